The molecule has 0 unspecified atom stereocenters. The van der Waals surface area contributed by atoms with Crippen molar-refractivity contribution in [2.75, 3.05) is 5.73 Å². The molecule has 0 bridgehead atoms. The van der Waals surface area contributed by atoms with E-state index in [1.165, 1.54) is 6.20 Å². The summed E-state index contributed by atoms with van der Waals surface area (Å²) in [6.07, 6.45) is 1.42. The quantitative estimate of drug-likeness (QED) is 0.946. The highest BCUT2D eigenvalue weighted by molar-refractivity contribution is 9.10. The zero-order valence-electron chi connectivity index (χ0n) is 8.73. The van der Waals surface area contributed by atoms with Crippen molar-refractivity contribution in [1.29, 1.82) is 0 Å². The number of hydrogen-bond donors (Lipinski definition) is 1. The summed E-state index contributed by atoms with van der Waals surface area (Å²) in [6, 6.07) is 7.78. The van der Waals surface area contributed by atoms with Gasteiger partial charge in [0.2, 0.25) is 11.8 Å². The Hall–Kier alpha value is -1.33. The van der Waals surface area contributed by atoms with Crippen LogP contribution in [0.2, 0.25) is 5.02 Å². The van der Waals surface area contributed by atoms with Crippen LogP contribution in [0.3, 0.4) is 0 Å². The molecule has 0 fully saturated rings. The smallest absolute Gasteiger partial charge is 0.237 e. The van der Waals surface area contributed by atoms with Crippen molar-refractivity contribution in [1.82, 2.24) is 9.97 Å². The van der Waals surface area contributed by atoms with Gasteiger partial charge in [0.05, 0.1) is 6.20 Å². The van der Waals surface area contributed by atoms with Gasteiger partial charge in [0.25, 0.3) is 0 Å². The monoisotopic (exact) mass is 313 g/mol. The summed E-state index contributed by atoms with van der Waals surface area (Å²) in [5, 5.41) is 0.342. The summed E-state index contributed by atoms with van der Waals surface area (Å²) in [4.78, 5) is 7.67. The third-order valence-electron chi connectivity index (χ3n) is 2.00. The molecule has 0 amide bonds. The fourth-order valence-electron chi connectivity index (χ4n) is 1.24. The molecule has 0 spiro atoms. The van der Waals surface area contributed by atoms with Gasteiger partial charge in [-0.05, 0) is 17.7 Å². The second kappa shape index (κ2) is 5.33. The van der Waals surface area contributed by atoms with Crippen LogP contribution in [0.4, 0.5) is 5.95 Å². The van der Waals surface area contributed by atoms with Crippen molar-refractivity contribution in [3.8, 4) is 5.88 Å². The summed E-state index contributed by atoms with van der Waals surface area (Å²) in [6.45, 7) is 0.371. The Morgan fingerprint density at radius 1 is 1.41 bits per heavy atom. The lowest BCUT2D eigenvalue weighted by molar-refractivity contribution is 0.294. The Kier molecular flexibility index (Phi) is 3.81. The highest BCUT2D eigenvalue weighted by Gasteiger charge is 2.05. The van der Waals surface area contributed by atoms with Gasteiger partial charge in [-0.2, -0.15) is 4.98 Å². The molecular weight excluding hydrogens is 305 g/mol. The van der Waals surface area contributed by atoms with Gasteiger partial charge in [0.1, 0.15) is 11.6 Å². The molecule has 1 heterocycles. The molecule has 17 heavy (non-hydrogen) atoms. The Bertz CT molecular complexity index is 536. The average molecular weight is 315 g/mol. The number of anilines is 1. The number of halogens is 2. The molecule has 6 heteroatoms. The van der Waals surface area contributed by atoms with E-state index < -0.39 is 0 Å². The van der Waals surface area contributed by atoms with Crippen molar-refractivity contribution >= 4 is 33.5 Å². The zero-order chi connectivity index (χ0) is 12.3. The number of ether oxygens (including phenoxy) is 1. The molecule has 1 aromatic heterocycles. The minimum atomic E-state index is 0.138. The van der Waals surface area contributed by atoms with Crippen LogP contribution in [0.25, 0.3) is 0 Å². The lowest BCUT2D eigenvalue weighted by atomic mass is 10.2. The molecular formula is C11H9BrClN3O. The summed E-state index contributed by atoms with van der Waals surface area (Å²) < 4.78 is 6.47. The van der Waals surface area contributed by atoms with Gasteiger partial charge < -0.3 is 10.5 Å². The highest BCUT2D eigenvalue weighted by Crippen LogP contribution is 2.22. The molecule has 0 saturated heterocycles. The van der Waals surface area contributed by atoms with Crippen LogP contribution >= 0.6 is 27.5 Å². The van der Waals surface area contributed by atoms with E-state index in [0.717, 1.165) is 10.0 Å². The van der Waals surface area contributed by atoms with E-state index in [2.05, 4.69) is 25.9 Å². The first-order valence-electron chi connectivity index (χ1n) is 4.80. The van der Waals surface area contributed by atoms with Crippen LogP contribution in [0, 0.1) is 0 Å². The van der Waals surface area contributed by atoms with Crippen LogP contribution in [0.1, 0.15) is 5.56 Å². The fraction of sp³-hybridized carbons (Fsp3) is 0.0909. The normalized spacial score (nSPS) is 10.2. The molecule has 0 aliphatic heterocycles. The van der Waals surface area contributed by atoms with Crippen LogP contribution < -0.4 is 10.5 Å². The SMILES string of the molecule is Nc1ncc(Cl)c(OCc2cccc(Br)c2)n1. The molecule has 0 radical (unpaired) electrons. The van der Waals surface area contributed by atoms with Gasteiger partial charge in [0.15, 0.2) is 0 Å². The second-order valence-electron chi connectivity index (χ2n) is 3.30. The maximum absolute atomic E-state index is 5.88. The van der Waals surface area contributed by atoms with Gasteiger partial charge >= 0.3 is 0 Å². The van der Waals surface area contributed by atoms with Gasteiger partial charge in [-0.3, -0.25) is 0 Å². The molecule has 0 saturated carbocycles. The molecule has 0 aliphatic carbocycles. The fourth-order valence-corrected chi connectivity index (χ4v) is 1.84. The predicted octanol–water partition coefficient (Wildman–Crippen LogP) is 3.05. The van der Waals surface area contributed by atoms with Crippen LogP contribution in [-0.2, 0) is 6.61 Å². The van der Waals surface area contributed by atoms with E-state index in [0.29, 0.717) is 17.5 Å². The number of benzene rings is 1. The standard InChI is InChI=1S/C11H9BrClN3O/c12-8-3-1-2-7(4-8)6-17-10-9(13)5-15-11(14)16-10/h1-5H,6H2,(H2,14,15,16). The topological polar surface area (TPSA) is 61.0 Å². The minimum absolute atomic E-state index is 0.138. The summed E-state index contributed by atoms with van der Waals surface area (Å²) >= 11 is 9.27. The second-order valence-corrected chi connectivity index (χ2v) is 4.62. The largest absolute Gasteiger partial charge is 0.472 e. The van der Waals surface area contributed by atoms with E-state index in [9.17, 15) is 0 Å². The number of rotatable bonds is 3. The summed E-state index contributed by atoms with van der Waals surface area (Å²) in [5.41, 5.74) is 6.46. The van der Waals surface area contributed by atoms with Crippen molar-refractivity contribution in [2.45, 2.75) is 6.61 Å². The van der Waals surface area contributed by atoms with Gasteiger partial charge in [-0.1, -0.05) is 39.7 Å². The Morgan fingerprint density at radius 2 is 2.24 bits per heavy atom. The molecule has 0 atom stereocenters. The van der Waals surface area contributed by atoms with Crippen molar-refractivity contribution in [3.63, 3.8) is 0 Å². The number of nitrogen functional groups attached to an aromatic ring is 1. The number of aromatic nitrogens is 2. The molecule has 2 rings (SSSR count). The van der Waals surface area contributed by atoms with Crippen molar-refractivity contribution in [3.05, 3.63) is 45.5 Å². The summed E-state index contributed by atoms with van der Waals surface area (Å²) in [5.74, 6) is 0.429. The van der Waals surface area contributed by atoms with Gasteiger partial charge in [0, 0.05) is 4.47 Å². The number of hydrogen-bond acceptors (Lipinski definition) is 4. The average Bonchev–Trinajstić information content (AvgIpc) is 2.30. The van der Waals surface area contributed by atoms with E-state index >= 15 is 0 Å². The molecule has 4 nitrogen and oxygen atoms in total. The van der Waals surface area contributed by atoms with E-state index in [4.69, 9.17) is 22.1 Å². The maximum Gasteiger partial charge on any atom is 0.237 e. The Labute approximate surface area is 112 Å². The maximum atomic E-state index is 5.88. The number of nitrogens with two attached hydrogens (primary N) is 1. The van der Waals surface area contributed by atoms with Crippen LogP contribution in [0.5, 0.6) is 5.88 Å². The predicted molar refractivity (Wildman–Crippen MR) is 69.9 cm³/mol. The molecule has 0 aliphatic rings. The Balaban J connectivity index is 2.09. The molecule has 88 valence electrons. The number of nitrogens with zero attached hydrogens (tertiary/aromatic N) is 2. The lowest BCUT2D eigenvalue weighted by Gasteiger charge is -2.07. The third-order valence-corrected chi connectivity index (χ3v) is 2.75. The molecule has 2 N–H and O–H groups in total. The first kappa shape index (κ1) is 12.1. The first-order chi connectivity index (χ1) is 8.15. The van der Waals surface area contributed by atoms with E-state index in [1.54, 1.807) is 0 Å². The van der Waals surface area contributed by atoms with E-state index in [-0.39, 0.29) is 5.95 Å². The van der Waals surface area contributed by atoms with Gasteiger partial charge in [-0.25, -0.2) is 4.98 Å². The minimum Gasteiger partial charge on any atom is -0.472 e. The van der Waals surface area contributed by atoms with E-state index in [1.807, 2.05) is 24.3 Å². The lowest BCUT2D eigenvalue weighted by Crippen LogP contribution is -2.01. The third kappa shape index (κ3) is 3.31. The Morgan fingerprint density at radius 3 is 3.00 bits per heavy atom. The van der Waals surface area contributed by atoms with Crippen LogP contribution in [0.15, 0.2) is 34.9 Å². The van der Waals surface area contributed by atoms with Crippen molar-refractivity contribution in [2.24, 2.45) is 0 Å². The van der Waals surface area contributed by atoms with Crippen molar-refractivity contribution < 1.29 is 4.74 Å². The van der Waals surface area contributed by atoms with Crippen LogP contribution in [-0.4, -0.2) is 9.97 Å². The molecule has 1 aromatic carbocycles. The molecule has 2 aromatic rings. The first-order valence-corrected chi connectivity index (χ1v) is 5.97. The summed E-state index contributed by atoms with van der Waals surface area (Å²) in [7, 11) is 0. The van der Waals surface area contributed by atoms with Gasteiger partial charge in [-0.15, -0.1) is 0 Å². The zero-order valence-corrected chi connectivity index (χ0v) is 11.1. The highest BCUT2D eigenvalue weighted by atomic mass is 79.9.